The minimum absolute atomic E-state index is 0.110. The number of nitrogens with zero attached hydrogens (tertiary/aromatic N) is 1. The van der Waals surface area contributed by atoms with Crippen molar-refractivity contribution in [3.05, 3.63) is 27.1 Å². The second kappa shape index (κ2) is 7.23. The zero-order chi connectivity index (χ0) is 13.7. The number of rotatable bonds is 5. The Kier molecular flexibility index (Phi) is 6.28. The van der Waals surface area contributed by atoms with E-state index < -0.39 is 6.10 Å². The van der Waals surface area contributed by atoms with Crippen LogP contribution >= 0.6 is 31.9 Å². The molecular weight excluding hydrogens is 364 g/mol. The van der Waals surface area contributed by atoms with Crippen molar-refractivity contribution in [3.8, 4) is 0 Å². The van der Waals surface area contributed by atoms with Crippen LogP contribution in [0.15, 0.2) is 27.1 Å². The van der Waals surface area contributed by atoms with E-state index in [1.54, 1.807) is 18.9 Å². The first-order valence-corrected chi connectivity index (χ1v) is 7.08. The first-order chi connectivity index (χ1) is 8.38. The molecule has 0 aliphatic rings. The first-order valence-electron chi connectivity index (χ1n) is 5.50. The number of halogens is 2. The molecule has 0 saturated carbocycles. The van der Waals surface area contributed by atoms with Crippen molar-refractivity contribution in [2.45, 2.75) is 13.0 Å². The summed E-state index contributed by atoms with van der Waals surface area (Å²) in [5.41, 5.74) is 0.730. The Labute approximate surface area is 124 Å². The Morgan fingerprint density at radius 1 is 1.50 bits per heavy atom. The Morgan fingerprint density at radius 3 is 2.72 bits per heavy atom. The van der Waals surface area contributed by atoms with Gasteiger partial charge in [-0.2, -0.15) is 0 Å². The van der Waals surface area contributed by atoms with E-state index >= 15 is 0 Å². The topological polar surface area (TPSA) is 52.6 Å². The highest BCUT2D eigenvalue weighted by Gasteiger charge is 2.10. The number of benzene rings is 1. The molecule has 6 heteroatoms. The minimum atomic E-state index is -0.442. The van der Waals surface area contributed by atoms with Gasteiger partial charge in [-0.25, -0.2) is 0 Å². The SMILES string of the molecule is CC(O)CN(C)CC(=O)Nc1ccc(Br)cc1Br. The molecule has 1 amide bonds. The summed E-state index contributed by atoms with van der Waals surface area (Å²) in [7, 11) is 1.79. The van der Waals surface area contributed by atoms with Crippen molar-refractivity contribution >= 4 is 43.5 Å². The third kappa shape index (κ3) is 5.48. The molecule has 1 aromatic rings. The molecule has 0 aliphatic heterocycles. The van der Waals surface area contributed by atoms with Crippen molar-refractivity contribution in [1.82, 2.24) is 4.90 Å². The lowest BCUT2D eigenvalue weighted by Gasteiger charge is -2.18. The van der Waals surface area contributed by atoms with E-state index in [-0.39, 0.29) is 12.5 Å². The lowest BCUT2D eigenvalue weighted by molar-refractivity contribution is -0.117. The molecule has 0 radical (unpaired) electrons. The van der Waals surface area contributed by atoms with Gasteiger partial charge in [0, 0.05) is 15.5 Å². The zero-order valence-corrected chi connectivity index (χ0v) is 13.5. The number of likely N-dealkylation sites (N-methyl/N-ethyl adjacent to an activating group) is 1. The number of hydrogen-bond acceptors (Lipinski definition) is 3. The second-order valence-corrected chi connectivity index (χ2v) is 5.99. The van der Waals surface area contributed by atoms with E-state index in [4.69, 9.17) is 0 Å². The average molecular weight is 380 g/mol. The normalized spacial score (nSPS) is 12.6. The van der Waals surface area contributed by atoms with Crippen LogP contribution in [-0.4, -0.2) is 42.2 Å². The molecule has 0 spiro atoms. The van der Waals surface area contributed by atoms with Crippen molar-refractivity contribution in [2.24, 2.45) is 0 Å². The van der Waals surface area contributed by atoms with Gasteiger partial charge in [-0.3, -0.25) is 9.69 Å². The molecular formula is C12H16Br2N2O2. The van der Waals surface area contributed by atoms with Gasteiger partial charge in [0.2, 0.25) is 5.91 Å². The van der Waals surface area contributed by atoms with E-state index in [9.17, 15) is 9.90 Å². The Morgan fingerprint density at radius 2 is 2.17 bits per heavy atom. The molecule has 18 heavy (non-hydrogen) atoms. The zero-order valence-electron chi connectivity index (χ0n) is 10.3. The molecule has 1 aromatic carbocycles. The molecule has 0 heterocycles. The quantitative estimate of drug-likeness (QED) is 0.826. The van der Waals surface area contributed by atoms with Crippen LogP contribution in [-0.2, 0) is 4.79 Å². The highest BCUT2D eigenvalue weighted by atomic mass is 79.9. The molecule has 1 rings (SSSR count). The van der Waals surface area contributed by atoms with Crippen LogP contribution in [0.5, 0.6) is 0 Å². The van der Waals surface area contributed by atoms with Gasteiger partial charge < -0.3 is 10.4 Å². The third-order valence-corrected chi connectivity index (χ3v) is 3.34. The fourth-order valence-corrected chi connectivity index (χ4v) is 2.69. The number of carbonyl (C=O) groups is 1. The summed E-state index contributed by atoms with van der Waals surface area (Å²) < 4.78 is 1.77. The highest BCUT2D eigenvalue weighted by Crippen LogP contribution is 2.25. The van der Waals surface area contributed by atoms with Gasteiger partial charge in [0.05, 0.1) is 18.3 Å². The molecule has 4 nitrogen and oxygen atoms in total. The lowest BCUT2D eigenvalue weighted by Crippen LogP contribution is -2.34. The molecule has 0 aromatic heterocycles. The van der Waals surface area contributed by atoms with Gasteiger partial charge >= 0.3 is 0 Å². The van der Waals surface area contributed by atoms with Gasteiger partial charge in [0.1, 0.15) is 0 Å². The molecule has 0 saturated heterocycles. The number of hydrogen-bond donors (Lipinski definition) is 2. The summed E-state index contributed by atoms with van der Waals surface area (Å²) in [6, 6.07) is 5.55. The first kappa shape index (κ1) is 15.6. The monoisotopic (exact) mass is 378 g/mol. The Balaban J connectivity index is 2.54. The number of aliphatic hydroxyl groups is 1. The summed E-state index contributed by atoms with van der Waals surface area (Å²) in [4.78, 5) is 13.5. The van der Waals surface area contributed by atoms with Gasteiger partial charge in [-0.1, -0.05) is 15.9 Å². The van der Waals surface area contributed by atoms with E-state index in [0.29, 0.717) is 6.54 Å². The standard InChI is InChI=1S/C12H16Br2N2O2/c1-8(17)6-16(2)7-12(18)15-11-4-3-9(13)5-10(11)14/h3-5,8,17H,6-7H2,1-2H3,(H,15,18). The maximum absolute atomic E-state index is 11.8. The van der Waals surface area contributed by atoms with E-state index in [2.05, 4.69) is 37.2 Å². The van der Waals surface area contributed by atoms with Crippen LogP contribution in [0.25, 0.3) is 0 Å². The van der Waals surface area contributed by atoms with Gasteiger partial charge in [0.25, 0.3) is 0 Å². The molecule has 0 fully saturated rings. The van der Waals surface area contributed by atoms with E-state index in [0.717, 1.165) is 14.6 Å². The molecule has 1 unspecified atom stereocenters. The van der Waals surface area contributed by atoms with E-state index in [1.807, 2.05) is 18.2 Å². The van der Waals surface area contributed by atoms with Crippen LogP contribution in [0, 0.1) is 0 Å². The van der Waals surface area contributed by atoms with Crippen LogP contribution in [0.1, 0.15) is 6.92 Å². The fourth-order valence-electron chi connectivity index (χ4n) is 1.54. The summed E-state index contributed by atoms with van der Waals surface area (Å²) in [6.45, 7) is 2.40. The summed E-state index contributed by atoms with van der Waals surface area (Å²) >= 11 is 6.73. The number of aliphatic hydroxyl groups excluding tert-OH is 1. The summed E-state index contributed by atoms with van der Waals surface area (Å²) in [5.74, 6) is -0.110. The van der Waals surface area contributed by atoms with Crippen LogP contribution in [0.3, 0.4) is 0 Å². The predicted molar refractivity (Wildman–Crippen MR) is 79.6 cm³/mol. The van der Waals surface area contributed by atoms with Gasteiger partial charge in [-0.15, -0.1) is 0 Å². The molecule has 0 aliphatic carbocycles. The van der Waals surface area contributed by atoms with Crippen LogP contribution < -0.4 is 5.32 Å². The molecule has 100 valence electrons. The Hall–Kier alpha value is -0.430. The van der Waals surface area contributed by atoms with Crippen molar-refractivity contribution in [1.29, 1.82) is 0 Å². The summed E-state index contributed by atoms with van der Waals surface area (Å²) in [5, 5.41) is 12.0. The second-order valence-electron chi connectivity index (χ2n) is 4.22. The van der Waals surface area contributed by atoms with Crippen molar-refractivity contribution in [3.63, 3.8) is 0 Å². The van der Waals surface area contributed by atoms with Crippen molar-refractivity contribution in [2.75, 3.05) is 25.5 Å². The fraction of sp³-hybridized carbons (Fsp3) is 0.417. The number of amides is 1. The van der Waals surface area contributed by atoms with Gasteiger partial charge in [-0.05, 0) is 48.1 Å². The average Bonchev–Trinajstić information content (AvgIpc) is 2.20. The molecule has 1 atom stereocenters. The highest BCUT2D eigenvalue weighted by molar-refractivity contribution is 9.11. The lowest BCUT2D eigenvalue weighted by atomic mass is 10.3. The van der Waals surface area contributed by atoms with Gasteiger partial charge in [0.15, 0.2) is 0 Å². The number of anilines is 1. The largest absolute Gasteiger partial charge is 0.392 e. The smallest absolute Gasteiger partial charge is 0.238 e. The minimum Gasteiger partial charge on any atom is -0.392 e. The van der Waals surface area contributed by atoms with Crippen LogP contribution in [0.2, 0.25) is 0 Å². The predicted octanol–water partition coefficient (Wildman–Crippen LogP) is 2.46. The molecule has 2 N–H and O–H groups in total. The van der Waals surface area contributed by atoms with E-state index in [1.165, 1.54) is 0 Å². The molecule has 0 bridgehead atoms. The van der Waals surface area contributed by atoms with Crippen LogP contribution in [0.4, 0.5) is 5.69 Å². The third-order valence-electron chi connectivity index (χ3n) is 2.19. The Bertz CT molecular complexity index is 425. The maximum atomic E-state index is 11.8. The number of nitrogens with one attached hydrogen (secondary N) is 1. The number of carbonyl (C=O) groups excluding carboxylic acids is 1. The maximum Gasteiger partial charge on any atom is 0.238 e. The summed E-state index contributed by atoms with van der Waals surface area (Å²) in [6.07, 6.45) is -0.442. The van der Waals surface area contributed by atoms with Crippen molar-refractivity contribution < 1.29 is 9.90 Å².